The molecule has 1 N–H and O–H groups in total. The molecule has 0 atom stereocenters. The van der Waals surface area contributed by atoms with Gasteiger partial charge in [0.1, 0.15) is 0 Å². The molecular weight excluding hydrogens is 299 g/mol. The third-order valence-electron chi connectivity index (χ3n) is 3.06. The van der Waals surface area contributed by atoms with Gasteiger partial charge >= 0.3 is 0 Å². The Balaban J connectivity index is 1.92. The first kappa shape index (κ1) is 15.0. The number of hydrogen-bond acceptors (Lipinski definition) is 2. The Kier molecular flexibility index (Phi) is 5.04. The zero-order chi connectivity index (χ0) is 13.9. The second-order valence-corrected chi connectivity index (χ2v) is 7.21. The van der Waals surface area contributed by atoms with E-state index in [-0.39, 0.29) is 5.54 Å². The van der Waals surface area contributed by atoms with Crippen LogP contribution < -0.4 is 5.32 Å². The molecule has 1 aliphatic heterocycles. The maximum Gasteiger partial charge on any atom is 0.156 e. The molecule has 1 aromatic rings. The highest BCUT2D eigenvalue weighted by atomic mass is 35.5. The number of amidine groups is 1. The molecule has 0 spiro atoms. The fourth-order valence-electron chi connectivity index (χ4n) is 1.88. The Bertz CT molecular complexity index is 486. The minimum atomic E-state index is 0.155. The topological polar surface area (TPSA) is 24.4 Å². The Labute approximate surface area is 129 Å². The molecule has 0 aliphatic carbocycles. The van der Waals surface area contributed by atoms with Crippen molar-refractivity contribution in [3.05, 3.63) is 33.8 Å². The van der Waals surface area contributed by atoms with Crippen LogP contribution in [0.5, 0.6) is 0 Å². The number of thioether (sulfide) groups is 1. The Morgan fingerprint density at radius 3 is 2.84 bits per heavy atom. The summed E-state index contributed by atoms with van der Waals surface area (Å²) in [5, 5.41) is 5.90. The molecule has 0 aromatic heterocycles. The standard InChI is InChI=1S/C14H18Cl2N2S/c1-14(2)6-8-19-13(18-14)17-7-5-10-3-4-11(15)9-12(10)16/h3-4,9H,5-8H2,1-2H3,(H,17,18). The van der Waals surface area contributed by atoms with Gasteiger partial charge in [0, 0.05) is 27.9 Å². The molecule has 0 bridgehead atoms. The van der Waals surface area contributed by atoms with Crippen LogP contribution >= 0.6 is 35.0 Å². The lowest BCUT2D eigenvalue weighted by Crippen LogP contribution is -2.46. The van der Waals surface area contributed by atoms with Gasteiger partial charge in [0.25, 0.3) is 0 Å². The number of hydrogen-bond donors (Lipinski definition) is 1. The molecule has 19 heavy (non-hydrogen) atoms. The molecule has 1 aromatic carbocycles. The summed E-state index contributed by atoms with van der Waals surface area (Å²) in [6.45, 7) is 5.16. The van der Waals surface area contributed by atoms with E-state index in [9.17, 15) is 0 Å². The van der Waals surface area contributed by atoms with Gasteiger partial charge in [-0.3, -0.25) is 4.99 Å². The van der Waals surface area contributed by atoms with E-state index in [1.165, 1.54) is 6.42 Å². The van der Waals surface area contributed by atoms with Gasteiger partial charge in [-0.2, -0.15) is 0 Å². The fourth-order valence-corrected chi connectivity index (χ4v) is 3.72. The summed E-state index contributed by atoms with van der Waals surface area (Å²) in [4.78, 5) is 4.61. The zero-order valence-corrected chi connectivity index (χ0v) is 13.5. The molecular formula is C14H18Cl2N2S. The number of aliphatic imine (C=N–C) groups is 1. The maximum absolute atomic E-state index is 6.14. The van der Waals surface area contributed by atoms with E-state index in [0.717, 1.165) is 34.5 Å². The number of rotatable bonds is 3. The largest absolute Gasteiger partial charge is 0.360 e. The second kappa shape index (κ2) is 6.38. The van der Waals surface area contributed by atoms with E-state index in [0.29, 0.717) is 5.02 Å². The van der Waals surface area contributed by atoms with Crippen molar-refractivity contribution in [3.63, 3.8) is 0 Å². The summed E-state index contributed by atoms with van der Waals surface area (Å²) < 4.78 is 0. The van der Waals surface area contributed by atoms with Crippen LogP contribution in [0.2, 0.25) is 10.0 Å². The highest BCUT2D eigenvalue weighted by Gasteiger charge is 2.23. The first-order valence-electron chi connectivity index (χ1n) is 6.36. The molecule has 0 saturated carbocycles. The normalized spacial score (nSPS) is 20.3. The van der Waals surface area contributed by atoms with Crippen molar-refractivity contribution in [2.45, 2.75) is 32.2 Å². The van der Waals surface area contributed by atoms with Crippen molar-refractivity contribution in [2.24, 2.45) is 4.99 Å². The average Bonchev–Trinajstić information content (AvgIpc) is 2.31. The summed E-state index contributed by atoms with van der Waals surface area (Å²) >= 11 is 13.8. The monoisotopic (exact) mass is 316 g/mol. The van der Waals surface area contributed by atoms with Crippen molar-refractivity contribution < 1.29 is 0 Å². The van der Waals surface area contributed by atoms with Gasteiger partial charge < -0.3 is 5.32 Å². The Morgan fingerprint density at radius 2 is 2.16 bits per heavy atom. The number of halogens is 2. The second-order valence-electron chi connectivity index (χ2n) is 5.28. The van der Waals surface area contributed by atoms with E-state index in [1.54, 1.807) is 17.8 Å². The first-order chi connectivity index (χ1) is 8.96. The van der Waals surface area contributed by atoms with Crippen molar-refractivity contribution in [2.75, 3.05) is 12.3 Å². The quantitative estimate of drug-likeness (QED) is 0.894. The van der Waals surface area contributed by atoms with Crippen LogP contribution in [0.15, 0.2) is 23.2 Å². The predicted molar refractivity (Wildman–Crippen MR) is 86.8 cm³/mol. The third kappa shape index (κ3) is 4.59. The molecule has 2 nitrogen and oxygen atoms in total. The third-order valence-corrected chi connectivity index (χ3v) is 4.56. The summed E-state index contributed by atoms with van der Waals surface area (Å²) in [5.74, 6) is 1.13. The summed E-state index contributed by atoms with van der Waals surface area (Å²) in [6.07, 6.45) is 2.00. The molecule has 0 amide bonds. The van der Waals surface area contributed by atoms with Crippen LogP contribution in [0.1, 0.15) is 25.8 Å². The van der Waals surface area contributed by atoms with Gasteiger partial charge in [0.05, 0.1) is 0 Å². The van der Waals surface area contributed by atoms with Gasteiger partial charge in [-0.25, -0.2) is 0 Å². The number of nitrogens with zero attached hydrogens (tertiary/aromatic N) is 1. The van der Waals surface area contributed by atoms with Crippen molar-refractivity contribution in [1.82, 2.24) is 5.32 Å². The molecule has 0 radical (unpaired) electrons. The highest BCUT2D eigenvalue weighted by molar-refractivity contribution is 8.13. The van der Waals surface area contributed by atoms with Crippen LogP contribution in [0.3, 0.4) is 0 Å². The molecule has 1 aliphatic rings. The number of nitrogens with one attached hydrogen (secondary N) is 1. The Hall–Kier alpha value is -0.380. The van der Waals surface area contributed by atoms with Gasteiger partial charge in [0.2, 0.25) is 0 Å². The lowest BCUT2D eigenvalue weighted by Gasteiger charge is -2.32. The number of benzene rings is 1. The average molecular weight is 317 g/mol. The van der Waals surface area contributed by atoms with Crippen molar-refractivity contribution in [1.29, 1.82) is 0 Å². The van der Waals surface area contributed by atoms with Gasteiger partial charge in [-0.15, -0.1) is 0 Å². The van der Waals surface area contributed by atoms with E-state index in [2.05, 4.69) is 24.2 Å². The van der Waals surface area contributed by atoms with Gasteiger partial charge in [-0.05, 0) is 44.4 Å². The van der Waals surface area contributed by atoms with Crippen molar-refractivity contribution >= 4 is 40.1 Å². The lowest BCUT2D eigenvalue weighted by molar-refractivity contribution is 0.446. The molecule has 1 fully saturated rings. The van der Waals surface area contributed by atoms with Gasteiger partial charge in [-0.1, -0.05) is 41.0 Å². The molecule has 0 unspecified atom stereocenters. The van der Waals surface area contributed by atoms with E-state index in [1.807, 2.05) is 12.1 Å². The lowest BCUT2D eigenvalue weighted by atomic mass is 10.0. The maximum atomic E-state index is 6.14. The van der Waals surface area contributed by atoms with E-state index >= 15 is 0 Å². The summed E-state index contributed by atoms with van der Waals surface area (Å²) in [7, 11) is 0. The fraction of sp³-hybridized carbons (Fsp3) is 0.500. The molecule has 5 heteroatoms. The zero-order valence-electron chi connectivity index (χ0n) is 11.2. The summed E-state index contributed by atoms with van der Waals surface area (Å²) in [5.41, 5.74) is 1.25. The molecule has 1 saturated heterocycles. The highest BCUT2D eigenvalue weighted by Crippen LogP contribution is 2.23. The van der Waals surface area contributed by atoms with E-state index in [4.69, 9.17) is 23.2 Å². The van der Waals surface area contributed by atoms with Crippen molar-refractivity contribution in [3.8, 4) is 0 Å². The Morgan fingerprint density at radius 1 is 1.37 bits per heavy atom. The SMILES string of the molecule is CC1(C)CCSC(=NCCc2ccc(Cl)cc2Cl)N1. The van der Waals surface area contributed by atoms with Gasteiger partial charge in [0.15, 0.2) is 5.17 Å². The molecule has 1 heterocycles. The minimum Gasteiger partial charge on any atom is -0.360 e. The van der Waals surface area contributed by atoms with Crippen LogP contribution in [0.4, 0.5) is 0 Å². The van der Waals surface area contributed by atoms with Crippen LogP contribution in [-0.4, -0.2) is 23.0 Å². The summed E-state index contributed by atoms with van der Waals surface area (Å²) in [6, 6.07) is 5.62. The van der Waals surface area contributed by atoms with Crippen LogP contribution in [-0.2, 0) is 6.42 Å². The van der Waals surface area contributed by atoms with E-state index < -0.39 is 0 Å². The molecule has 104 valence electrons. The molecule has 2 rings (SSSR count). The predicted octanol–water partition coefficient (Wildman–Crippen LogP) is 4.40. The van der Waals surface area contributed by atoms with Crippen LogP contribution in [0, 0.1) is 0 Å². The first-order valence-corrected chi connectivity index (χ1v) is 8.10. The van der Waals surface area contributed by atoms with Crippen LogP contribution in [0.25, 0.3) is 0 Å². The minimum absolute atomic E-state index is 0.155. The smallest absolute Gasteiger partial charge is 0.156 e.